The smallest absolute Gasteiger partial charge is 0.269 e. The quantitative estimate of drug-likeness (QED) is 0.611. The number of anilines is 1. The van der Waals surface area contributed by atoms with Gasteiger partial charge in [0.25, 0.3) is 5.69 Å². The summed E-state index contributed by atoms with van der Waals surface area (Å²) in [5.74, 6) is -0.834. The van der Waals surface area contributed by atoms with Crippen molar-refractivity contribution in [1.29, 1.82) is 0 Å². The van der Waals surface area contributed by atoms with Gasteiger partial charge in [0.1, 0.15) is 0 Å². The largest absolute Gasteiger partial charge is 0.326 e. The van der Waals surface area contributed by atoms with Crippen molar-refractivity contribution in [3.05, 3.63) is 70.3 Å². The summed E-state index contributed by atoms with van der Waals surface area (Å²) in [5.41, 5.74) is 0.970. The van der Waals surface area contributed by atoms with Gasteiger partial charge in [-0.2, -0.15) is 0 Å². The van der Waals surface area contributed by atoms with Crippen LogP contribution >= 0.6 is 0 Å². The second kappa shape index (κ2) is 7.69. The van der Waals surface area contributed by atoms with Gasteiger partial charge in [-0.1, -0.05) is 30.3 Å². The summed E-state index contributed by atoms with van der Waals surface area (Å²) >= 11 is 0. The lowest BCUT2D eigenvalue weighted by atomic mass is 10.2. The molecule has 7 nitrogen and oxygen atoms in total. The van der Waals surface area contributed by atoms with E-state index in [0.717, 1.165) is 0 Å². The lowest BCUT2D eigenvalue weighted by Crippen LogP contribution is -2.18. The molecule has 0 saturated carbocycles. The van der Waals surface area contributed by atoms with Crippen LogP contribution in [0.2, 0.25) is 0 Å². The molecule has 0 atom stereocenters. The molecule has 0 aliphatic heterocycles. The van der Waals surface area contributed by atoms with Crippen LogP contribution in [0, 0.1) is 10.1 Å². The minimum atomic E-state index is -3.39. The fraction of sp³-hybridized carbons (Fsp3) is 0.188. The van der Waals surface area contributed by atoms with Crippen LogP contribution in [-0.2, 0) is 20.4 Å². The summed E-state index contributed by atoms with van der Waals surface area (Å²) in [4.78, 5) is 21.8. The van der Waals surface area contributed by atoms with Gasteiger partial charge in [0.15, 0.2) is 9.84 Å². The fourth-order valence-electron chi connectivity index (χ4n) is 2.04. The fourth-order valence-corrected chi connectivity index (χ4v) is 3.38. The predicted molar refractivity (Wildman–Crippen MR) is 90.3 cm³/mol. The van der Waals surface area contributed by atoms with Crippen LogP contribution in [0.25, 0.3) is 0 Å². The topological polar surface area (TPSA) is 106 Å². The number of carbonyl (C=O) groups excluding carboxylic acids is 1. The van der Waals surface area contributed by atoms with Gasteiger partial charge >= 0.3 is 0 Å². The molecule has 0 unspecified atom stereocenters. The second-order valence-electron chi connectivity index (χ2n) is 5.18. The van der Waals surface area contributed by atoms with Crippen LogP contribution in [0.5, 0.6) is 0 Å². The number of nitrogens with zero attached hydrogens (tertiary/aromatic N) is 1. The molecule has 0 aromatic heterocycles. The van der Waals surface area contributed by atoms with Gasteiger partial charge in [-0.15, -0.1) is 0 Å². The number of nitrogens with one attached hydrogen (secondary N) is 1. The van der Waals surface area contributed by atoms with Crippen molar-refractivity contribution >= 4 is 27.1 Å². The molecule has 8 heteroatoms. The molecule has 2 aromatic rings. The molecule has 1 N–H and O–H groups in total. The van der Waals surface area contributed by atoms with Crippen LogP contribution in [-0.4, -0.2) is 25.0 Å². The average Bonchev–Trinajstić information content (AvgIpc) is 2.54. The van der Waals surface area contributed by atoms with Crippen LogP contribution in [0.4, 0.5) is 11.4 Å². The molecule has 0 saturated heterocycles. The van der Waals surface area contributed by atoms with Crippen molar-refractivity contribution < 1.29 is 18.1 Å². The third kappa shape index (κ3) is 5.47. The molecule has 0 fully saturated rings. The first-order valence-corrected chi connectivity index (χ1v) is 8.96. The number of hydrogen-bond donors (Lipinski definition) is 1. The summed E-state index contributed by atoms with van der Waals surface area (Å²) in [6.07, 6.45) is -0.174. The summed E-state index contributed by atoms with van der Waals surface area (Å²) in [6, 6.07) is 14.1. The van der Waals surface area contributed by atoms with E-state index in [-0.39, 0.29) is 23.6 Å². The summed E-state index contributed by atoms with van der Waals surface area (Å²) in [5, 5.41) is 13.1. The van der Waals surface area contributed by atoms with Crippen molar-refractivity contribution in [3.8, 4) is 0 Å². The minimum Gasteiger partial charge on any atom is -0.326 e. The Morgan fingerprint density at radius 3 is 2.25 bits per heavy atom. The number of sulfone groups is 1. The zero-order valence-electron chi connectivity index (χ0n) is 12.7. The van der Waals surface area contributed by atoms with E-state index in [1.54, 1.807) is 30.3 Å². The molecule has 0 heterocycles. The Morgan fingerprint density at radius 1 is 1.04 bits per heavy atom. The van der Waals surface area contributed by atoms with Gasteiger partial charge in [0, 0.05) is 24.2 Å². The highest BCUT2D eigenvalue weighted by Gasteiger charge is 2.15. The molecular weight excluding hydrogens is 332 g/mol. The molecule has 126 valence electrons. The first-order valence-electron chi connectivity index (χ1n) is 7.14. The van der Waals surface area contributed by atoms with E-state index >= 15 is 0 Å². The second-order valence-corrected chi connectivity index (χ2v) is 7.36. The Balaban J connectivity index is 1.87. The third-order valence-electron chi connectivity index (χ3n) is 3.23. The van der Waals surface area contributed by atoms with Crippen molar-refractivity contribution in [2.45, 2.75) is 12.2 Å². The van der Waals surface area contributed by atoms with E-state index in [1.807, 2.05) is 0 Å². The van der Waals surface area contributed by atoms with E-state index in [2.05, 4.69) is 5.32 Å². The number of carbonyl (C=O) groups is 1. The predicted octanol–water partition coefficient (Wildman–Crippen LogP) is 2.54. The molecule has 2 rings (SSSR count). The highest BCUT2D eigenvalue weighted by Crippen LogP contribution is 2.15. The van der Waals surface area contributed by atoms with Gasteiger partial charge < -0.3 is 5.32 Å². The summed E-state index contributed by atoms with van der Waals surface area (Å²) < 4.78 is 24.0. The lowest BCUT2D eigenvalue weighted by molar-refractivity contribution is -0.384. The Kier molecular flexibility index (Phi) is 5.64. The number of amides is 1. The number of nitro groups is 1. The van der Waals surface area contributed by atoms with Gasteiger partial charge in [-0.3, -0.25) is 14.9 Å². The molecular formula is C16H16N2O5S. The average molecular weight is 348 g/mol. The van der Waals surface area contributed by atoms with Gasteiger partial charge in [-0.05, 0) is 17.7 Å². The third-order valence-corrected chi connectivity index (χ3v) is 4.83. The van der Waals surface area contributed by atoms with E-state index in [9.17, 15) is 23.3 Å². The molecule has 0 bridgehead atoms. The van der Waals surface area contributed by atoms with Crippen LogP contribution in [0.15, 0.2) is 54.6 Å². The number of nitro benzene ring substituents is 1. The maximum Gasteiger partial charge on any atom is 0.269 e. The van der Waals surface area contributed by atoms with Crippen LogP contribution < -0.4 is 5.32 Å². The monoisotopic (exact) mass is 348 g/mol. The normalized spacial score (nSPS) is 11.0. The van der Waals surface area contributed by atoms with Crippen LogP contribution in [0.3, 0.4) is 0 Å². The zero-order valence-corrected chi connectivity index (χ0v) is 13.5. The van der Waals surface area contributed by atoms with Gasteiger partial charge in [0.05, 0.1) is 16.4 Å². The van der Waals surface area contributed by atoms with Crippen molar-refractivity contribution in [2.24, 2.45) is 0 Å². The Hall–Kier alpha value is -2.74. The first kappa shape index (κ1) is 17.6. The molecule has 1 amide bonds. The maximum atomic E-state index is 12.0. The van der Waals surface area contributed by atoms with E-state index in [1.165, 1.54) is 24.3 Å². The molecule has 0 radical (unpaired) electrons. The zero-order chi connectivity index (χ0) is 17.6. The molecule has 0 aliphatic carbocycles. The molecule has 0 aliphatic rings. The van der Waals surface area contributed by atoms with Crippen molar-refractivity contribution in [2.75, 3.05) is 11.1 Å². The highest BCUT2D eigenvalue weighted by atomic mass is 32.2. The lowest BCUT2D eigenvalue weighted by Gasteiger charge is -2.06. The van der Waals surface area contributed by atoms with E-state index in [4.69, 9.17) is 0 Å². The Morgan fingerprint density at radius 2 is 1.67 bits per heavy atom. The maximum absolute atomic E-state index is 12.0. The van der Waals surface area contributed by atoms with E-state index < -0.39 is 20.7 Å². The summed E-state index contributed by atoms with van der Waals surface area (Å²) in [7, 11) is -3.39. The minimum absolute atomic E-state index is 0.0848. The number of non-ortho nitro benzene ring substituents is 1. The number of hydrogen-bond acceptors (Lipinski definition) is 5. The number of benzene rings is 2. The highest BCUT2D eigenvalue weighted by molar-refractivity contribution is 7.90. The van der Waals surface area contributed by atoms with E-state index in [0.29, 0.717) is 11.3 Å². The van der Waals surface area contributed by atoms with Crippen LogP contribution in [0.1, 0.15) is 12.0 Å². The SMILES string of the molecule is O=C(CCS(=O)(=O)Cc1ccccc1)Nc1ccc([N+](=O)[O-])cc1. The molecule has 2 aromatic carbocycles. The van der Waals surface area contributed by atoms with Gasteiger partial charge in [-0.25, -0.2) is 8.42 Å². The number of rotatable bonds is 7. The first-order chi connectivity index (χ1) is 11.4. The standard InChI is InChI=1S/C16H16N2O5S/c19-16(17-14-6-8-15(9-7-14)18(20)21)10-11-24(22,23)12-13-4-2-1-3-5-13/h1-9H,10-12H2,(H,17,19). The molecule has 24 heavy (non-hydrogen) atoms. The molecule has 0 spiro atoms. The van der Waals surface area contributed by atoms with Crippen molar-refractivity contribution in [1.82, 2.24) is 0 Å². The van der Waals surface area contributed by atoms with Gasteiger partial charge in [0.2, 0.25) is 5.91 Å². The Bertz CT molecular complexity index is 817. The van der Waals surface area contributed by atoms with Crippen molar-refractivity contribution in [3.63, 3.8) is 0 Å². The Labute approximate surface area is 139 Å². The summed E-state index contributed by atoms with van der Waals surface area (Å²) in [6.45, 7) is 0.